The molecule has 21 heavy (non-hydrogen) atoms. The zero-order chi connectivity index (χ0) is 14.6. The van der Waals surface area contributed by atoms with E-state index in [1.165, 1.54) is 0 Å². The fourth-order valence-corrected chi connectivity index (χ4v) is 3.22. The van der Waals surface area contributed by atoms with E-state index in [-0.39, 0.29) is 11.6 Å². The third-order valence-electron chi connectivity index (χ3n) is 4.05. The Balaban J connectivity index is 2.09. The molecule has 1 aromatic carbocycles. The van der Waals surface area contributed by atoms with Crippen molar-refractivity contribution in [3.63, 3.8) is 0 Å². The van der Waals surface area contributed by atoms with E-state index in [4.69, 9.17) is 12.2 Å². The average molecular weight is 297 g/mol. The maximum atomic E-state index is 12.8. The van der Waals surface area contributed by atoms with Gasteiger partial charge in [-0.25, -0.2) is 0 Å². The molecule has 0 spiro atoms. The fourth-order valence-electron chi connectivity index (χ4n) is 2.89. The van der Waals surface area contributed by atoms with Crippen molar-refractivity contribution in [3.8, 4) is 11.1 Å². The number of H-pyrrole nitrogens is 1. The normalized spacial score (nSPS) is 14.7. The van der Waals surface area contributed by atoms with E-state index in [0.29, 0.717) is 10.3 Å². The molecule has 3 aromatic rings. The van der Waals surface area contributed by atoms with Crippen LogP contribution in [0, 0.1) is 4.77 Å². The van der Waals surface area contributed by atoms with Gasteiger partial charge in [0.25, 0.3) is 5.56 Å². The number of aryl methyl sites for hydroxylation is 1. The molecule has 1 N–H and O–H groups in total. The van der Waals surface area contributed by atoms with Crippen LogP contribution in [0.2, 0.25) is 0 Å². The van der Waals surface area contributed by atoms with Crippen molar-refractivity contribution >= 4 is 23.3 Å². The minimum absolute atomic E-state index is 0.0148. The van der Waals surface area contributed by atoms with Crippen LogP contribution < -0.4 is 5.56 Å². The van der Waals surface area contributed by atoms with Crippen LogP contribution in [0.5, 0.6) is 0 Å². The first kappa shape index (κ1) is 12.6. The number of hydrogen-bond donors (Lipinski definition) is 1. The van der Waals surface area contributed by atoms with Crippen LogP contribution in [-0.2, 0) is 7.05 Å². The fraction of sp³-hybridized carbons (Fsp3) is 0.250. The van der Waals surface area contributed by atoms with E-state index in [2.05, 4.69) is 4.98 Å². The van der Waals surface area contributed by atoms with Crippen LogP contribution in [0.3, 0.4) is 0 Å². The standard InChI is InChI=1S/C16H15N3OS/c1-18-9-12(10-5-3-2-4-6-10)13-14(18)15(20)19(11-7-8-11)16(21)17-13/h2-6,9,11H,7-8H2,1H3,(H,17,21). The number of aromatic amines is 1. The van der Waals surface area contributed by atoms with Crippen molar-refractivity contribution in [2.24, 2.45) is 7.05 Å². The number of fused-ring (bicyclic) bond motifs is 1. The minimum Gasteiger partial charge on any atom is -0.344 e. The summed E-state index contributed by atoms with van der Waals surface area (Å²) in [6.45, 7) is 0. The summed E-state index contributed by atoms with van der Waals surface area (Å²) in [4.78, 5) is 16.0. The lowest BCUT2D eigenvalue weighted by molar-refractivity contribution is 0.681. The summed E-state index contributed by atoms with van der Waals surface area (Å²) in [5.41, 5.74) is 3.63. The molecule has 0 saturated heterocycles. The summed E-state index contributed by atoms with van der Waals surface area (Å²) in [5.74, 6) is 0. The molecule has 1 aliphatic carbocycles. The van der Waals surface area contributed by atoms with Gasteiger partial charge in [0.05, 0.1) is 5.52 Å². The topological polar surface area (TPSA) is 42.7 Å². The number of benzene rings is 1. The summed E-state index contributed by atoms with van der Waals surface area (Å²) in [7, 11) is 1.91. The minimum atomic E-state index is 0.0148. The zero-order valence-electron chi connectivity index (χ0n) is 11.7. The maximum Gasteiger partial charge on any atom is 0.279 e. The molecule has 5 heteroatoms. The molecule has 1 fully saturated rings. The van der Waals surface area contributed by atoms with Gasteiger partial charge in [0.15, 0.2) is 4.77 Å². The van der Waals surface area contributed by atoms with Gasteiger partial charge in [0.1, 0.15) is 5.52 Å². The monoisotopic (exact) mass is 297 g/mol. The molecule has 1 saturated carbocycles. The van der Waals surface area contributed by atoms with E-state index >= 15 is 0 Å². The molecule has 0 bridgehead atoms. The number of nitrogens with one attached hydrogen (secondary N) is 1. The number of nitrogens with zero attached hydrogens (tertiary/aromatic N) is 2. The van der Waals surface area contributed by atoms with Crippen LogP contribution in [-0.4, -0.2) is 14.1 Å². The summed E-state index contributed by atoms with van der Waals surface area (Å²) in [6, 6.07) is 10.3. The maximum absolute atomic E-state index is 12.8. The van der Waals surface area contributed by atoms with Gasteiger partial charge < -0.3 is 9.55 Å². The Bertz CT molecular complexity index is 945. The van der Waals surface area contributed by atoms with Crippen molar-refractivity contribution in [2.45, 2.75) is 18.9 Å². The van der Waals surface area contributed by atoms with Crippen molar-refractivity contribution in [1.29, 1.82) is 0 Å². The lowest BCUT2D eigenvalue weighted by atomic mass is 10.1. The summed E-state index contributed by atoms with van der Waals surface area (Å²) < 4.78 is 4.15. The van der Waals surface area contributed by atoms with Gasteiger partial charge >= 0.3 is 0 Å². The van der Waals surface area contributed by atoms with Crippen LogP contribution in [0.1, 0.15) is 18.9 Å². The Morgan fingerprint density at radius 3 is 2.62 bits per heavy atom. The molecule has 0 amide bonds. The van der Waals surface area contributed by atoms with Crippen molar-refractivity contribution in [1.82, 2.24) is 14.1 Å². The van der Waals surface area contributed by atoms with Crippen LogP contribution >= 0.6 is 12.2 Å². The Labute approximate surface area is 126 Å². The molecule has 0 unspecified atom stereocenters. The number of hydrogen-bond acceptors (Lipinski definition) is 2. The average Bonchev–Trinajstić information content (AvgIpc) is 3.24. The van der Waals surface area contributed by atoms with Gasteiger partial charge in [-0.05, 0) is 30.6 Å². The van der Waals surface area contributed by atoms with Crippen LogP contribution in [0.4, 0.5) is 0 Å². The molecule has 4 rings (SSSR count). The summed E-state index contributed by atoms with van der Waals surface area (Å²) in [6.07, 6.45) is 4.07. The lowest BCUT2D eigenvalue weighted by Crippen LogP contribution is -2.22. The summed E-state index contributed by atoms with van der Waals surface area (Å²) in [5, 5.41) is 0. The van der Waals surface area contributed by atoms with Gasteiger partial charge in [-0.15, -0.1) is 0 Å². The quantitative estimate of drug-likeness (QED) is 0.737. The lowest BCUT2D eigenvalue weighted by Gasteiger charge is -2.06. The van der Waals surface area contributed by atoms with Crippen molar-refractivity contribution < 1.29 is 0 Å². The van der Waals surface area contributed by atoms with E-state index < -0.39 is 0 Å². The molecule has 106 valence electrons. The molecular formula is C16H15N3OS. The smallest absolute Gasteiger partial charge is 0.279 e. The first-order chi connectivity index (χ1) is 10.2. The van der Waals surface area contributed by atoms with Crippen molar-refractivity contribution in [3.05, 3.63) is 51.7 Å². The molecule has 4 nitrogen and oxygen atoms in total. The van der Waals surface area contributed by atoms with E-state index in [1.54, 1.807) is 4.57 Å². The highest BCUT2D eigenvalue weighted by atomic mass is 32.1. The van der Waals surface area contributed by atoms with Crippen LogP contribution in [0.25, 0.3) is 22.2 Å². The Morgan fingerprint density at radius 1 is 1.24 bits per heavy atom. The molecular weight excluding hydrogens is 282 g/mol. The zero-order valence-corrected chi connectivity index (χ0v) is 12.5. The predicted molar refractivity (Wildman–Crippen MR) is 86.1 cm³/mol. The molecule has 0 radical (unpaired) electrons. The largest absolute Gasteiger partial charge is 0.344 e. The second kappa shape index (κ2) is 4.43. The van der Waals surface area contributed by atoms with Gasteiger partial charge in [0.2, 0.25) is 0 Å². The second-order valence-corrected chi connectivity index (χ2v) is 5.97. The third kappa shape index (κ3) is 1.88. The Kier molecular flexibility index (Phi) is 2.65. The van der Waals surface area contributed by atoms with E-state index in [9.17, 15) is 4.79 Å². The van der Waals surface area contributed by atoms with Gasteiger partial charge in [-0.1, -0.05) is 30.3 Å². The van der Waals surface area contributed by atoms with Gasteiger partial charge in [-0.2, -0.15) is 0 Å². The van der Waals surface area contributed by atoms with Crippen LogP contribution in [0.15, 0.2) is 41.3 Å². The highest BCUT2D eigenvalue weighted by molar-refractivity contribution is 7.71. The third-order valence-corrected chi connectivity index (χ3v) is 4.35. The molecule has 2 heterocycles. The van der Waals surface area contributed by atoms with Crippen molar-refractivity contribution in [2.75, 3.05) is 0 Å². The number of aromatic nitrogens is 3. The highest BCUT2D eigenvalue weighted by Gasteiger charge is 2.27. The molecule has 0 atom stereocenters. The molecule has 1 aliphatic rings. The Morgan fingerprint density at radius 2 is 1.95 bits per heavy atom. The Hall–Kier alpha value is -2.14. The second-order valence-electron chi connectivity index (χ2n) is 5.58. The van der Waals surface area contributed by atoms with Gasteiger partial charge in [-0.3, -0.25) is 9.36 Å². The summed E-state index contributed by atoms with van der Waals surface area (Å²) >= 11 is 5.40. The number of rotatable bonds is 2. The van der Waals surface area contributed by atoms with Gasteiger partial charge in [0, 0.05) is 24.8 Å². The van der Waals surface area contributed by atoms with E-state index in [0.717, 1.165) is 29.5 Å². The first-order valence-corrected chi connectivity index (χ1v) is 7.47. The SMILES string of the molecule is Cn1cc(-c2ccccc2)c2[nH]c(=S)n(C3CC3)c(=O)c21. The predicted octanol–water partition coefficient (Wildman–Crippen LogP) is 3.40. The van der Waals surface area contributed by atoms with E-state index in [1.807, 2.05) is 48.1 Å². The molecule has 2 aromatic heterocycles. The highest BCUT2D eigenvalue weighted by Crippen LogP contribution is 2.34. The first-order valence-electron chi connectivity index (χ1n) is 7.06. The molecule has 0 aliphatic heterocycles.